The van der Waals surface area contributed by atoms with Crippen molar-refractivity contribution >= 4 is 11.0 Å². The van der Waals surface area contributed by atoms with Crippen LogP contribution in [0.1, 0.15) is 78.3 Å². The molecule has 0 saturated carbocycles. The number of nitrogens with zero attached hydrogens (tertiary/aromatic N) is 1. The first-order valence-corrected chi connectivity index (χ1v) is 8.05. The monoisotopic (exact) mass is 284 g/mol. The Hall–Kier alpha value is -1.31. The van der Waals surface area contributed by atoms with Crippen molar-refractivity contribution in [3.05, 3.63) is 29.1 Å². The van der Waals surface area contributed by atoms with Gasteiger partial charge in [-0.25, -0.2) is 4.98 Å². The first-order valence-electron chi connectivity index (χ1n) is 8.05. The van der Waals surface area contributed by atoms with E-state index in [0.29, 0.717) is 5.92 Å². The maximum atomic E-state index is 4.80. The fraction of sp³-hybridized carbons (Fsp3) is 0.632. The van der Waals surface area contributed by atoms with E-state index in [4.69, 9.17) is 4.98 Å². The molecule has 1 aromatic carbocycles. The second-order valence-electron chi connectivity index (χ2n) is 8.57. The number of rotatable bonds is 1. The molecule has 0 aliphatic heterocycles. The number of hydrogen-bond donors (Lipinski definition) is 1. The van der Waals surface area contributed by atoms with Crippen LogP contribution in [0.25, 0.3) is 11.0 Å². The van der Waals surface area contributed by atoms with Crippen molar-refractivity contribution < 1.29 is 0 Å². The molecule has 2 aromatic rings. The van der Waals surface area contributed by atoms with Gasteiger partial charge in [-0.3, -0.25) is 0 Å². The predicted molar refractivity (Wildman–Crippen MR) is 90.0 cm³/mol. The number of nitrogens with one attached hydrogen (secondary N) is 1. The van der Waals surface area contributed by atoms with Gasteiger partial charge in [0.1, 0.15) is 5.82 Å². The van der Waals surface area contributed by atoms with Crippen LogP contribution < -0.4 is 0 Å². The van der Waals surface area contributed by atoms with E-state index < -0.39 is 0 Å². The average Bonchev–Trinajstić information content (AvgIpc) is 2.82. The molecule has 1 aromatic heterocycles. The summed E-state index contributed by atoms with van der Waals surface area (Å²) >= 11 is 0. The molecule has 2 nitrogen and oxygen atoms in total. The maximum Gasteiger partial charge on any atom is 0.109 e. The highest BCUT2D eigenvalue weighted by atomic mass is 14.9. The summed E-state index contributed by atoms with van der Waals surface area (Å²) in [6.07, 6.45) is 0. The summed E-state index contributed by atoms with van der Waals surface area (Å²) < 4.78 is 0. The van der Waals surface area contributed by atoms with Crippen molar-refractivity contribution in [2.24, 2.45) is 5.41 Å². The Labute approximate surface area is 128 Å². The van der Waals surface area contributed by atoms with Gasteiger partial charge >= 0.3 is 0 Å². The van der Waals surface area contributed by atoms with Crippen molar-refractivity contribution in [1.29, 1.82) is 0 Å². The second-order valence-corrected chi connectivity index (χ2v) is 8.57. The van der Waals surface area contributed by atoms with Gasteiger partial charge in [0, 0.05) is 5.92 Å². The van der Waals surface area contributed by atoms with Gasteiger partial charge in [0.25, 0.3) is 0 Å². The Morgan fingerprint density at radius 2 is 1.43 bits per heavy atom. The van der Waals surface area contributed by atoms with Crippen LogP contribution in [0.4, 0.5) is 0 Å². The van der Waals surface area contributed by atoms with E-state index in [0.717, 1.165) is 11.3 Å². The van der Waals surface area contributed by atoms with E-state index in [-0.39, 0.29) is 16.2 Å². The summed E-state index contributed by atoms with van der Waals surface area (Å²) in [6.45, 7) is 18.7. The predicted octanol–water partition coefficient (Wildman–Crippen LogP) is 5.28. The third-order valence-electron chi connectivity index (χ3n) is 6.66. The smallest absolute Gasteiger partial charge is 0.109 e. The van der Waals surface area contributed by atoms with Crippen molar-refractivity contribution in [3.8, 4) is 0 Å². The standard InChI is InChI=1S/C19H28N2/c1-11(2)16-20-14-9-12-13(10-15(14)21-16)18(5,6)19(7,8)17(12,3)4/h9-11H,1-8H3,(H,20,21). The number of imidazole rings is 1. The van der Waals surface area contributed by atoms with Crippen LogP contribution in [-0.4, -0.2) is 9.97 Å². The van der Waals surface area contributed by atoms with Gasteiger partial charge in [0.05, 0.1) is 11.0 Å². The lowest BCUT2D eigenvalue weighted by atomic mass is 9.59. The normalized spacial score (nSPS) is 22.0. The van der Waals surface area contributed by atoms with Gasteiger partial charge in [-0.2, -0.15) is 0 Å². The van der Waals surface area contributed by atoms with E-state index in [1.54, 1.807) is 0 Å². The lowest BCUT2D eigenvalue weighted by molar-refractivity contribution is 0.125. The Morgan fingerprint density at radius 3 is 1.95 bits per heavy atom. The number of hydrogen-bond acceptors (Lipinski definition) is 1. The molecular formula is C19H28N2. The van der Waals surface area contributed by atoms with Crippen LogP contribution >= 0.6 is 0 Å². The van der Waals surface area contributed by atoms with E-state index in [2.05, 4.69) is 72.5 Å². The molecule has 0 radical (unpaired) electrons. The number of aromatic amines is 1. The zero-order valence-electron chi connectivity index (χ0n) is 14.7. The molecule has 0 spiro atoms. The molecule has 0 bridgehead atoms. The van der Waals surface area contributed by atoms with Crippen molar-refractivity contribution in [2.45, 2.75) is 72.1 Å². The quantitative estimate of drug-likeness (QED) is 0.758. The zero-order valence-corrected chi connectivity index (χ0v) is 14.7. The summed E-state index contributed by atoms with van der Waals surface area (Å²) in [4.78, 5) is 8.30. The third-order valence-corrected chi connectivity index (χ3v) is 6.66. The molecule has 2 heteroatoms. The molecule has 0 amide bonds. The fourth-order valence-corrected chi connectivity index (χ4v) is 3.84. The van der Waals surface area contributed by atoms with E-state index in [1.165, 1.54) is 16.6 Å². The molecular weight excluding hydrogens is 256 g/mol. The molecule has 114 valence electrons. The van der Waals surface area contributed by atoms with Crippen LogP contribution in [-0.2, 0) is 10.8 Å². The summed E-state index contributed by atoms with van der Waals surface area (Å²) in [6, 6.07) is 4.67. The van der Waals surface area contributed by atoms with Gasteiger partial charge in [-0.15, -0.1) is 0 Å². The molecule has 21 heavy (non-hydrogen) atoms. The lowest BCUT2D eigenvalue weighted by Gasteiger charge is -2.44. The van der Waals surface area contributed by atoms with Crippen LogP contribution in [0, 0.1) is 5.41 Å². The number of benzene rings is 1. The minimum atomic E-state index is 0.150. The Morgan fingerprint density at radius 1 is 0.905 bits per heavy atom. The zero-order chi connectivity index (χ0) is 15.8. The maximum absolute atomic E-state index is 4.80. The number of fused-ring (bicyclic) bond motifs is 2. The van der Waals surface area contributed by atoms with Crippen molar-refractivity contribution in [2.75, 3.05) is 0 Å². The van der Waals surface area contributed by atoms with Crippen LogP contribution in [0.2, 0.25) is 0 Å². The fourth-order valence-electron chi connectivity index (χ4n) is 3.84. The highest BCUT2D eigenvalue weighted by Gasteiger charge is 2.56. The molecule has 0 fully saturated rings. The third kappa shape index (κ3) is 1.62. The molecule has 1 aliphatic carbocycles. The van der Waals surface area contributed by atoms with Crippen molar-refractivity contribution in [3.63, 3.8) is 0 Å². The van der Waals surface area contributed by atoms with Gasteiger partial charge < -0.3 is 4.98 Å². The average molecular weight is 284 g/mol. The summed E-state index contributed by atoms with van der Waals surface area (Å²) in [5.74, 6) is 1.52. The molecule has 1 heterocycles. The van der Waals surface area contributed by atoms with Gasteiger partial charge in [-0.05, 0) is 39.5 Å². The van der Waals surface area contributed by atoms with E-state index in [9.17, 15) is 0 Å². The highest BCUT2D eigenvalue weighted by Crippen LogP contribution is 2.61. The largest absolute Gasteiger partial charge is 0.342 e. The molecule has 0 saturated heterocycles. The van der Waals surface area contributed by atoms with Gasteiger partial charge in [-0.1, -0.05) is 55.4 Å². The Balaban J connectivity index is 2.32. The van der Waals surface area contributed by atoms with E-state index in [1.807, 2.05) is 0 Å². The molecule has 1 N–H and O–H groups in total. The summed E-state index contributed by atoms with van der Waals surface area (Å²) in [5.41, 5.74) is 5.75. The minimum Gasteiger partial charge on any atom is -0.342 e. The SMILES string of the molecule is CC(C)c1nc2cc3c(cc2[nH]1)C(C)(C)C(C)(C)C3(C)C. The second kappa shape index (κ2) is 3.91. The Bertz CT molecular complexity index is 659. The van der Waals surface area contributed by atoms with Crippen LogP contribution in [0.15, 0.2) is 12.1 Å². The number of H-pyrrole nitrogens is 1. The first-order chi connectivity index (χ1) is 9.50. The highest BCUT2D eigenvalue weighted by molar-refractivity contribution is 5.79. The summed E-state index contributed by atoms with van der Waals surface area (Å²) in [7, 11) is 0. The van der Waals surface area contributed by atoms with E-state index >= 15 is 0 Å². The number of aromatic nitrogens is 2. The minimum absolute atomic E-state index is 0.150. The van der Waals surface area contributed by atoms with Crippen molar-refractivity contribution in [1.82, 2.24) is 9.97 Å². The van der Waals surface area contributed by atoms with Gasteiger partial charge in [0.15, 0.2) is 0 Å². The van der Waals surface area contributed by atoms with Crippen LogP contribution in [0.5, 0.6) is 0 Å². The first kappa shape index (κ1) is 14.6. The molecule has 1 aliphatic rings. The lowest BCUT2D eigenvalue weighted by Crippen LogP contribution is -2.42. The van der Waals surface area contributed by atoms with Gasteiger partial charge in [0.2, 0.25) is 0 Å². The van der Waals surface area contributed by atoms with Crippen LogP contribution in [0.3, 0.4) is 0 Å². The Kier molecular flexibility index (Phi) is 2.72. The molecule has 0 atom stereocenters. The summed E-state index contributed by atoms with van der Waals surface area (Å²) in [5, 5.41) is 0. The molecule has 3 rings (SSSR count). The topological polar surface area (TPSA) is 28.7 Å². The molecule has 0 unspecified atom stereocenters.